The van der Waals surface area contributed by atoms with Crippen LogP contribution in [0.5, 0.6) is 0 Å². The maximum absolute atomic E-state index is 12.8. The molecular weight excluding hydrogens is 365 g/mol. The molecule has 2 rings (SSSR count). The fourth-order valence-corrected chi connectivity index (χ4v) is 3.31. The summed E-state index contributed by atoms with van der Waals surface area (Å²) >= 11 is 0.948. The number of benzene rings is 1. The molecule has 5 nitrogen and oxygen atoms in total. The van der Waals surface area contributed by atoms with Gasteiger partial charge in [-0.25, -0.2) is 0 Å². The molecular formula is C17H21F3N4OS. The second-order valence-electron chi connectivity index (χ2n) is 5.88. The van der Waals surface area contributed by atoms with Gasteiger partial charge in [0.2, 0.25) is 11.7 Å². The molecule has 0 aliphatic rings. The Morgan fingerprint density at radius 1 is 1.27 bits per heavy atom. The first-order valence-electron chi connectivity index (χ1n) is 8.20. The Bertz CT molecular complexity index is 733. The van der Waals surface area contributed by atoms with Crippen LogP contribution in [0.15, 0.2) is 35.5 Å². The Labute approximate surface area is 154 Å². The van der Waals surface area contributed by atoms with Crippen LogP contribution in [0.2, 0.25) is 0 Å². The lowest BCUT2D eigenvalue weighted by Gasteiger charge is -2.18. The van der Waals surface area contributed by atoms with E-state index in [1.165, 1.54) is 7.05 Å². The number of hydrogen-bond donors (Lipinski definition) is 1. The van der Waals surface area contributed by atoms with Gasteiger partial charge in [-0.15, -0.1) is 10.2 Å². The number of amides is 1. The van der Waals surface area contributed by atoms with Gasteiger partial charge in [0.15, 0.2) is 5.16 Å². The summed E-state index contributed by atoms with van der Waals surface area (Å²) in [6.45, 7) is 4.14. The lowest BCUT2D eigenvalue weighted by atomic mass is 9.96. The summed E-state index contributed by atoms with van der Waals surface area (Å²) in [6, 6.07) is 9.85. The molecule has 1 aromatic heterocycles. The Morgan fingerprint density at radius 2 is 1.92 bits per heavy atom. The average molecular weight is 386 g/mol. The van der Waals surface area contributed by atoms with E-state index in [-0.39, 0.29) is 17.0 Å². The number of nitrogens with zero attached hydrogens (tertiary/aromatic N) is 3. The van der Waals surface area contributed by atoms with E-state index in [9.17, 15) is 18.0 Å². The highest BCUT2D eigenvalue weighted by Crippen LogP contribution is 2.30. The first-order chi connectivity index (χ1) is 12.2. The number of thioether (sulfide) groups is 1. The van der Waals surface area contributed by atoms with Crippen LogP contribution < -0.4 is 5.32 Å². The number of aromatic nitrogens is 3. The second kappa shape index (κ2) is 8.57. The molecule has 0 fully saturated rings. The molecule has 9 heteroatoms. The van der Waals surface area contributed by atoms with Crippen LogP contribution in [0.4, 0.5) is 13.2 Å². The second-order valence-corrected chi connectivity index (χ2v) is 7.19. The standard InChI is InChI=1S/C17H21F3N4OS/c1-4-12(13-8-6-5-7-9-13)10-21-14(25)11(2)26-16-23-22-15(24(16)3)17(18,19)20/h5-9,11-12H,4,10H2,1-3H3,(H,21,25)/t11-,12-/m0/s1. The van der Waals surface area contributed by atoms with Crippen molar-refractivity contribution >= 4 is 17.7 Å². The topological polar surface area (TPSA) is 59.8 Å². The van der Waals surface area contributed by atoms with Gasteiger partial charge in [-0.05, 0) is 18.9 Å². The van der Waals surface area contributed by atoms with Gasteiger partial charge in [0, 0.05) is 19.5 Å². The Kier molecular flexibility index (Phi) is 6.69. The van der Waals surface area contributed by atoms with Crippen molar-refractivity contribution in [3.05, 3.63) is 41.7 Å². The van der Waals surface area contributed by atoms with Crippen molar-refractivity contribution in [3.8, 4) is 0 Å². The number of hydrogen-bond acceptors (Lipinski definition) is 4. The minimum Gasteiger partial charge on any atom is -0.355 e. The van der Waals surface area contributed by atoms with E-state index >= 15 is 0 Å². The van der Waals surface area contributed by atoms with Crippen molar-refractivity contribution in [3.63, 3.8) is 0 Å². The third-order valence-electron chi connectivity index (χ3n) is 4.03. The van der Waals surface area contributed by atoms with Crippen LogP contribution in [0, 0.1) is 0 Å². The van der Waals surface area contributed by atoms with E-state index in [0.717, 1.165) is 28.3 Å². The molecule has 0 saturated heterocycles. The number of rotatable bonds is 7. The van der Waals surface area contributed by atoms with Gasteiger partial charge in [-0.1, -0.05) is 49.0 Å². The van der Waals surface area contributed by atoms with Crippen molar-refractivity contribution < 1.29 is 18.0 Å². The highest BCUT2D eigenvalue weighted by molar-refractivity contribution is 8.00. The lowest BCUT2D eigenvalue weighted by molar-refractivity contribution is -0.147. The molecule has 1 amide bonds. The summed E-state index contributed by atoms with van der Waals surface area (Å²) in [6.07, 6.45) is -3.71. The van der Waals surface area contributed by atoms with E-state index in [1.807, 2.05) is 37.3 Å². The number of halogens is 3. The van der Waals surface area contributed by atoms with Crippen molar-refractivity contribution in [2.75, 3.05) is 6.54 Å². The molecule has 0 unspecified atom stereocenters. The summed E-state index contributed by atoms with van der Waals surface area (Å²) in [5, 5.41) is 9.03. The number of carbonyl (C=O) groups excluding carboxylic acids is 1. The van der Waals surface area contributed by atoms with Crippen molar-refractivity contribution in [2.24, 2.45) is 7.05 Å². The van der Waals surface area contributed by atoms with Gasteiger partial charge in [-0.2, -0.15) is 13.2 Å². The predicted molar refractivity (Wildman–Crippen MR) is 93.8 cm³/mol. The van der Waals surface area contributed by atoms with Crippen LogP contribution in [0.3, 0.4) is 0 Å². The predicted octanol–water partition coefficient (Wildman–Crippen LogP) is 3.62. The van der Waals surface area contributed by atoms with Crippen LogP contribution >= 0.6 is 11.8 Å². The van der Waals surface area contributed by atoms with Gasteiger partial charge in [-0.3, -0.25) is 4.79 Å². The molecule has 2 atom stereocenters. The molecule has 1 heterocycles. The quantitative estimate of drug-likeness (QED) is 0.739. The summed E-state index contributed by atoms with van der Waals surface area (Å²) in [5.41, 5.74) is 1.14. The fraction of sp³-hybridized carbons (Fsp3) is 0.471. The zero-order valence-electron chi connectivity index (χ0n) is 14.7. The Hall–Kier alpha value is -2.03. The van der Waals surface area contributed by atoms with E-state index in [1.54, 1.807) is 6.92 Å². The minimum atomic E-state index is -4.57. The van der Waals surface area contributed by atoms with Crippen LogP contribution in [0.1, 0.15) is 37.6 Å². The van der Waals surface area contributed by atoms with Gasteiger partial charge in [0.1, 0.15) is 0 Å². The average Bonchev–Trinajstić information content (AvgIpc) is 2.97. The summed E-state index contributed by atoms with van der Waals surface area (Å²) < 4.78 is 39.1. The summed E-state index contributed by atoms with van der Waals surface area (Å²) in [4.78, 5) is 12.3. The monoisotopic (exact) mass is 386 g/mol. The lowest BCUT2D eigenvalue weighted by Crippen LogP contribution is -2.34. The number of nitrogens with one attached hydrogen (secondary N) is 1. The zero-order valence-corrected chi connectivity index (χ0v) is 15.6. The normalized spacial score (nSPS) is 14.1. The zero-order chi connectivity index (χ0) is 19.3. The van der Waals surface area contributed by atoms with Gasteiger partial charge < -0.3 is 9.88 Å². The number of carbonyl (C=O) groups is 1. The molecule has 0 bridgehead atoms. The molecule has 26 heavy (non-hydrogen) atoms. The molecule has 0 radical (unpaired) electrons. The Morgan fingerprint density at radius 3 is 2.46 bits per heavy atom. The summed E-state index contributed by atoms with van der Waals surface area (Å²) in [7, 11) is 1.23. The number of alkyl halides is 3. The minimum absolute atomic E-state index is 0.0510. The van der Waals surface area contributed by atoms with E-state index in [4.69, 9.17) is 0 Å². The van der Waals surface area contributed by atoms with E-state index < -0.39 is 17.3 Å². The van der Waals surface area contributed by atoms with E-state index in [2.05, 4.69) is 15.5 Å². The third-order valence-corrected chi connectivity index (χ3v) is 5.16. The van der Waals surface area contributed by atoms with Gasteiger partial charge in [0.05, 0.1) is 5.25 Å². The molecule has 0 aliphatic heterocycles. The maximum Gasteiger partial charge on any atom is 0.451 e. The van der Waals surface area contributed by atoms with Crippen LogP contribution in [-0.4, -0.2) is 32.5 Å². The molecule has 1 aromatic carbocycles. The van der Waals surface area contributed by atoms with Crippen LogP contribution in [-0.2, 0) is 18.0 Å². The van der Waals surface area contributed by atoms with Crippen LogP contribution in [0.25, 0.3) is 0 Å². The molecule has 142 valence electrons. The smallest absolute Gasteiger partial charge is 0.355 e. The SMILES string of the molecule is CC[C@@H](CNC(=O)[C@H](C)Sc1nnc(C(F)(F)F)n1C)c1ccccc1. The van der Waals surface area contributed by atoms with Gasteiger partial charge in [0.25, 0.3) is 0 Å². The first kappa shape index (κ1) is 20.3. The maximum atomic E-state index is 12.8. The fourth-order valence-electron chi connectivity index (χ4n) is 2.47. The summed E-state index contributed by atoms with van der Waals surface area (Å²) in [5.74, 6) is -1.15. The van der Waals surface area contributed by atoms with Crippen molar-refractivity contribution in [1.82, 2.24) is 20.1 Å². The molecule has 2 aromatic rings. The van der Waals surface area contributed by atoms with E-state index in [0.29, 0.717) is 6.54 Å². The Balaban J connectivity index is 1.95. The highest BCUT2D eigenvalue weighted by atomic mass is 32.2. The first-order valence-corrected chi connectivity index (χ1v) is 9.07. The highest BCUT2D eigenvalue weighted by Gasteiger charge is 2.37. The molecule has 0 aliphatic carbocycles. The molecule has 0 saturated carbocycles. The van der Waals surface area contributed by atoms with Gasteiger partial charge >= 0.3 is 6.18 Å². The molecule has 0 spiro atoms. The largest absolute Gasteiger partial charge is 0.451 e. The molecule has 1 N–H and O–H groups in total. The van der Waals surface area contributed by atoms with Crippen molar-refractivity contribution in [2.45, 2.75) is 42.8 Å². The van der Waals surface area contributed by atoms with Crippen molar-refractivity contribution in [1.29, 1.82) is 0 Å². The third kappa shape index (κ3) is 5.00.